The predicted molar refractivity (Wildman–Crippen MR) is 112 cm³/mol. The average Bonchev–Trinajstić information content (AvgIpc) is 2.72. The van der Waals surface area contributed by atoms with Crippen molar-refractivity contribution in [1.29, 1.82) is 0 Å². The number of nitrogens with zero attached hydrogens (tertiary/aromatic N) is 1. The van der Waals surface area contributed by atoms with Gasteiger partial charge in [-0.05, 0) is 56.4 Å². The molecule has 0 bridgehead atoms. The van der Waals surface area contributed by atoms with Crippen LogP contribution < -0.4 is 9.62 Å². The van der Waals surface area contributed by atoms with Gasteiger partial charge in [-0.25, -0.2) is 8.42 Å². The Bertz CT molecular complexity index is 953. The molecule has 148 valence electrons. The number of aryl methyl sites for hydroxylation is 1. The van der Waals surface area contributed by atoms with E-state index in [9.17, 15) is 13.2 Å². The molecule has 6 heteroatoms. The van der Waals surface area contributed by atoms with Crippen LogP contribution in [0, 0.1) is 6.92 Å². The zero-order valence-electron chi connectivity index (χ0n) is 16.1. The van der Waals surface area contributed by atoms with Gasteiger partial charge in [0.05, 0.1) is 10.6 Å². The zero-order chi connectivity index (χ0) is 20.0. The number of hydrogen-bond donors (Lipinski definition) is 1. The maximum Gasteiger partial charge on any atom is 0.264 e. The van der Waals surface area contributed by atoms with Crippen molar-refractivity contribution in [2.45, 2.75) is 37.5 Å². The molecule has 0 unspecified atom stereocenters. The molecule has 0 aromatic heterocycles. The summed E-state index contributed by atoms with van der Waals surface area (Å²) in [5, 5.41) is 2.88. The number of benzene rings is 2. The summed E-state index contributed by atoms with van der Waals surface area (Å²) >= 11 is 0. The monoisotopic (exact) mass is 398 g/mol. The maximum absolute atomic E-state index is 13.3. The lowest BCUT2D eigenvalue weighted by molar-refractivity contribution is -0.119. The summed E-state index contributed by atoms with van der Waals surface area (Å²) in [4.78, 5) is 12.8. The van der Waals surface area contributed by atoms with Crippen molar-refractivity contribution >= 4 is 21.6 Å². The summed E-state index contributed by atoms with van der Waals surface area (Å²) in [5.41, 5.74) is 2.52. The number of carbonyl (C=O) groups excluding carboxylic acids is 1. The highest BCUT2D eigenvalue weighted by Gasteiger charge is 2.28. The molecule has 1 amide bonds. The Labute approximate surface area is 167 Å². The van der Waals surface area contributed by atoms with Crippen molar-refractivity contribution in [1.82, 2.24) is 5.32 Å². The van der Waals surface area contributed by atoms with Gasteiger partial charge in [-0.3, -0.25) is 9.10 Å². The number of allylic oxidation sites excluding steroid dienone is 1. The Hall–Kier alpha value is -2.60. The molecule has 0 atom stereocenters. The van der Waals surface area contributed by atoms with E-state index < -0.39 is 10.0 Å². The van der Waals surface area contributed by atoms with Crippen LogP contribution in [0.3, 0.4) is 0 Å². The smallest absolute Gasteiger partial charge is 0.264 e. The first-order valence-electron chi connectivity index (χ1n) is 9.56. The molecule has 1 N–H and O–H groups in total. The second-order valence-electron chi connectivity index (χ2n) is 7.00. The molecule has 1 aliphatic carbocycles. The first kappa shape index (κ1) is 20.1. The number of anilines is 1. The van der Waals surface area contributed by atoms with Gasteiger partial charge in [0.2, 0.25) is 5.91 Å². The molecule has 0 aliphatic heterocycles. The fourth-order valence-corrected chi connectivity index (χ4v) is 4.83. The van der Waals surface area contributed by atoms with Gasteiger partial charge in [-0.15, -0.1) is 0 Å². The summed E-state index contributed by atoms with van der Waals surface area (Å²) in [6.07, 6.45) is 6.53. The van der Waals surface area contributed by atoms with Crippen LogP contribution in [0.2, 0.25) is 0 Å². The van der Waals surface area contributed by atoms with Crippen LogP contribution in [0.5, 0.6) is 0 Å². The SMILES string of the molecule is Cc1ccccc1N(CC(=O)NCC1=CCCCC1)S(=O)(=O)c1ccccc1. The Balaban J connectivity index is 1.84. The lowest BCUT2D eigenvalue weighted by Crippen LogP contribution is -2.41. The van der Waals surface area contributed by atoms with E-state index in [0.717, 1.165) is 24.8 Å². The average molecular weight is 399 g/mol. The summed E-state index contributed by atoms with van der Waals surface area (Å²) in [6, 6.07) is 15.4. The van der Waals surface area contributed by atoms with Crippen LogP contribution in [-0.4, -0.2) is 27.4 Å². The third kappa shape index (κ3) is 4.81. The molecule has 3 rings (SSSR count). The number of rotatable bonds is 7. The van der Waals surface area contributed by atoms with E-state index in [1.165, 1.54) is 16.3 Å². The van der Waals surface area contributed by atoms with Crippen LogP contribution in [0.15, 0.2) is 71.1 Å². The summed E-state index contributed by atoms with van der Waals surface area (Å²) in [6.45, 7) is 2.06. The Morgan fingerprint density at radius 3 is 2.43 bits per heavy atom. The number of para-hydroxylation sites is 1. The van der Waals surface area contributed by atoms with Gasteiger partial charge in [0.25, 0.3) is 10.0 Å². The van der Waals surface area contributed by atoms with Crippen molar-refractivity contribution in [3.05, 3.63) is 71.8 Å². The molecule has 0 saturated carbocycles. The minimum absolute atomic E-state index is 0.168. The summed E-state index contributed by atoms with van der Waals surface area (Å²) in [7, 11) is -3.86. The fourth-order valence-electron chi connectivity index (χ4n) is 3.33. The van der Waals surface area contributed by atoms with Gasteiger partial charge in [-0.1, -0.05) is 48.0 Å². The van der Waals surface area contributed by atoms with Crippen molar-refractivity contribution < 1.29 is 13.2 Å². The van der Waals surface area contributed by atoms with Crippen LogP contribution in [0.4, 0.5) is 5.69 Å². The third-order valence-electron chi connectivity index (χ3n) is 4.90. The highest BCUT2D eigenvalue weighted by atomic mass is 32.2. The minimum Gasteiger partial charge on any atom is -0.351 e. The normalized spacial score (nSPS) is 14.2. The van der Waals surface area contributed by atoms with Crippen molar-refractivity contribution in [2.75, 3.05) is 17.4 Å². The van der Waals surface area contributed by atoms with E-state index in [2.05, 4.69) is 11.4 Å². The van der Waals surface area contributed by atoms with E-state index in [0.29, 0.717) is 12.2 Å². The molecular formula is C22H26N2O3S. The second kappa shape index (κ2) is 9.06. The Morgan fingerprint density at radius 1 is 1.04 bits per heavy atom. The predicted octanol–water partition coefficient (Wildman–Crippen LogP) is 3.81. The van der Waals surface area contributed by atoms with Gasteiger partial charge < -0.3 is 5.32 Å². The molecule has 28 heavy (non-hydrogen) atoms. The molecule has 1 aliphatic rings. The number of sulfonamides is 1. The molecular weight excluding hydrogens is 372 g/mol. The van der Waals surface area contributed by atoms with E-state index >= 15 is 0 Å². The second-order valence-corrected chi connectivity index (χ2v) is 8.86. The number of nitrogens with one attached hydrogen (secondary N) is 1. The number of hydrogen-bond acceptors (Lipinski definition) is 3. The van der Waals surface area contributed by atoms with Gasteiger partial charge in [0.15, 0.2) is 0 Å². The standard InChI is InChI=1S/C22H26N2O3S/c1-18-10-8-9-15-21(18)24(28(26,27)20-13-6-3-7-14-20)17-22(25)23-16-19-11-4-2-5-12-19/h3,6-11,13-15H,2,4-5,12,16-17H2,1H3,(H,23,25). The molecule has 0 heterocycles. The van der Waals surface area contributed by atoms with Crippen LogP contribution in [0.25, 0.3) is 0 Å². The van der Waals surface area contributed by atoms with Crippen molar-refractivity contribution in [3.63, 3.8) is 0 Å². The first-order chi connectivity index (χ1) is 13.5. The van der Waals surface area contributed by atoms with Crippen molar-refractivity contribution in [2.24, 2.45) is 0 Å². The highest BCUT2D eigenvalue weighted by molar-refractivity contribution is 7.92. The summed E-state index contributed by atoms with van der Waals surface area (Å²) < 4.78 is 27.7. The molecule has 0 fully saturated rings. The fraction of sp³-hybridized carbons (Fsp3) is 0.318. The topological polar surface area (TPSA) is 66.5 Å². The molecule has 0 spiro atoms. The lowest BCUT2D eigenvalue weighted by atomic mass is 10.00. The van der Waals surface area contributed by atoms with E-state index in [1.54, 1.807) is 42.5 Å². The van der Waals surface area contributed by atoms with Gasteiger partial charge >= 0.3 is 0 Å². The van der Waals surface area contributed by atoms with E-state index in [1.807, 2.05) is 19.1 Å². The largest absolute Gasteiger partial charge is 0.351 e. The van der Waals surface area contributed by atoms with Gasteiger partial charge in [-0.2, -0.15) is 0 Å². The van der Waals surface area contributed by atoms with E-state index in [4.69, 9.17) is 0 Å². The Morgan fingerprint density at radius 2 is 1.75 bits per heavy atom. The number of carbonyl (C=O) groups is 1. The minimum atomic E-state index is -3.86. The third-order valence-corrected chi connectivity index (χ3v) is 6.67. The summed E-state index contributed by atoms with van der Waals surface area (Å²) in [5.74, 6) is -0.311. The zero-order valence-corrected chi connectivity index (χ0v) is 16.9. The molecule has 5 nitrogen and oxygen atoms in total. The van der Waals surface area contributed by atoms with Gasteiger partial charge in [0, 0.05) is 6.54 Å². The van der Waals surface area contributed by atoms with Crippen LogP contribution in [-0.2, 0) is 14.8 Å². The van der Waals surface area contributed by atoms with Crippen LogP contribution >= 0.6 is 0 Å². The maximum atomic E-state index is 13.3. The molecule has 0 saturated heterocycles. The van der Waals surface area contributed by atoms with E-state index in [-0.39, 0.29) is 17.3 Å². The van der Waals surface area contributed by atoms with Crippen molar-refractivity contribution in [3.8, 4) is 0 Å². The Kier molecular flexibility index (Phi) is 6.52. The molecule has 0 radical (unpaired) electrons. The number of amides is 1. The lowest BCUT2D eigenvalue weighted by Gasteiger charge is -2.25. The van der Waals surface area contributed by atoms with Gasteiger partial charge in [0.1, 0.15) is 6.54 Å². The van der Waals surface area contributed by atoms with Crippen LogP contribution in [0.1, 0.15) is 31.2 Å². The highest BCUT2D eigenvalue weighted by Crippen LogP contribution is 2.26. The quantitative estimate of drug-likeness (QED) is 0.721. The first-order valence-corrected chi connectivity index (χ1v) is 11.0. The molecule has 2 aromatic carbocycles. The molecule has 2 aromatic rings.